The predicted octanol–water partition coefficient (Wildman–Crippen LogP) is 1.57. The van der Waals surface area contributed by atoms with Gasteiger partial charge < -0.3 is 10.6 Å². The molecule has 0 atom stereocenters. The quantitative estimate of drug-likeness (QED) is 0.575. The van der Waals surface area contributed by atoms with Gasteiger partial charge in [-0.3, -0.25) is 4.79 Å². The summed E-state index contributed by atoms with van der Waals surface area (Å²) in [6.45, 7) is 1.55. The fourth-order valence-electron chi connectivity index (χ4n) is 1.54. The van der Waals surface area contributed by atoms with E-state index in [1.165, 1.54) is 12.8 Å². The summed E-state index contributed by atoms with van der Waals surface area (Å²) in [5, 5.41) is 6.19. The number of hydrogen-bond acceptors (Lipinski definition) is 2. The first-order valence-electron chi connectivity index (χ1n) is 6.09. The van der Waals surface area contributed by atoms with Crippen LogP contribution >= 0.6 is 0 Å². The molecule has 1 aliphatic rings. The van der Waals surface area contributed by atoms with Gasteiger partial charge in [0.05, 0.1) is 0 Å². The Morgan fingerprint density at radius 3 is 2.71 bits per heavy atom. The van der Waals surface area contributed by atoms with Crippen molar-refractivity contribution >= 4 is 12.0 Å². The van der Waals surface area contributed by atoms with E-state index >= 15 is 0 Å². The molecule has 1 fully saturated rings. The van der Waals surface area contributed by atoms with E-state index in [1.54, 1.807) is 6.08 Å². The highest BCUT2D eigenvalue weighted by atomic mass is 16.1. The van der Waals surface area contributed by atoms with Gasteiger partial charge in [-0.05, 0) is 24.5 Å². The van der Waals surface area contributed by atoms with Crippen molar-refractivity contribution in [3.05, 3.63) is 42.0 Å². The Balaban J connectivity index is 1.64. The van der Waals surface area contributed by atoms with Gasteiger partial charge in [0.1, 0.15) is 0 Å². The molecule has 0 saturated heterocycles. The molecular weight excluding hydrogens is 212 g/mol. The SMILES string of the molecule is O=C(C=Cc1ccccc1)NCCNC1CC1. The van der Waals surface area contributed by atoms with Crippen LogP contribution in [0.4, 0.5) is 0 Å². The summed E-state index contributed by atoms with van der Waals surface area (Å²) in [7, 11) is 0. The third kappa shape index (κ3) is 4.83. The number of benzene rings is 1. The van der Waals surface area contributed by atoms with Gasteiger partial charge in [0, 0.05) is 25.2 Å². The third-order valence-electron chi connectivity index (χ3n) is 2.66. The van der Waals surface area contributed by atoms with Crippen LogP contribution in [-0.2, 0) is 4.79 Å². The lowest BCUT2D eigenvalue weighted by Gasteiger charge is -2.03. The normalized spacial score (nSPS) is 15.1. The maximum absolute atomic E-state index is 11.5. The fourth-order valence-corrected chi connectivity index (χ4v) is 1.54. The Bertz CT molecular complexity index is 382. The molecular formula is C14H18N2O. The first kappa shape index (κ1) is 11.9. The zero-order valence-electron chi connectivity index (χ0n) is 9.86. The molecule has 90 valence electrons. The monoisotopic (exact) mass is 230 g/mol. The van der Waals surface area contributed by atoms with Crippen molar-refractivity contribution in [2.24, 2.45) is 0 Å². The smallest absolute Gasteiger partial charge is 0.244 e. The van der Waals surface area contributed by atoms with Gasteiger partial charge in [-0.1, -0.05) is 30.3 Å². The van der Waals surface area contributed by atoms with E-state index in [1.807, 2.05) is 36.4 Å². The second-order valence-electron chi connectivity index (χ2n) is 4.26. The highest BCUT2D eigenvalue weighted by Gasteiger charge is 2.19. The standard InChI is InChI=1S/C14H18N2O/c17-14(16-11-10-15-13-7-8-13)9-6-12-4-2-1-3-5-12/h1-6,9,13,15H,7-8,10-11H2,(H,16,17). The number of rotatable bonds is 6. The predicted molar refractivity (Wildman–Crippen MR) is 69.5 cm³/mol. The van der Waals surface area contributed by atoms with E-state index in [0.717, 1.165) is 12.1 Å². The summed E-state index contributed by atoms with van der Waals surface area (Å²) in [4.78, 5) is 11.5. The van der Waals surface area contributed by atoms with Crippen LogP contribution in [0.15, 0.2) is 36.4 Å². The molecule has 3 nitrogen and oxygen atoms in total. The lowest BCUT2D eigenvalue weighted by Crippen LogP contribution is -2.31. The van der Waals surface area contributed by atoms with E-state index in [9.17, 15) is 4.79 Å². The number of hydrogen-bond donors (Lipinski definition) is 2. The molecule has 3 heteroatoms. The highest BCUT2D eigenvalue weighted by molar-refractivity contribution is 5.91. The van der Waals surface area contributed by atoms with Crippen molar-refractivity contribution in [2.75, 3.05) is 13.1 Å². The zero-order chi connectivity index (χ0) is 11.9. The van der Waals surface area contributed by atoms with Crippen LogP contribution in [-0.4, -0.2) is 25.0 Å². The lowest BCUT2D eigenvalue weighted by molar-refractivity contribution is -0.116. The summed E-state index contributed by atoms with van der Waals surface area (Å²) in [6.07, 6.45) is 5.96. The Labute approximate surface area is 102 Å². The van der Waals surface area contributed by atoms with E-state index in [0.29, 0.717) is 12.6 Å². The van der Waals surface area contributed by atoms with Crippen LogP contribution in [0.3, 0.4) is 0 Å². The third-order valence-corrected chi connectivity index (χ3v) is 2.66. The largest absolute Gasteiger partial charge is 0.351 e. The van der Waals surface area contributed by atoms with Crippen molar-refractivity contribution < 1.29 is 4.79 Å². The van der Waals surface area contributed by atoms with E-state index in [-0.39, 0.29) is 5.91 Å². The molecule has 17 heavy (non-hydrogen) atoms. The second kappa shape index (κ2) is 6.21. The van der Waals surface area contributed by atoms with Crippen LogP contribution < -0.4 is 10.6 Å². The van der Waals surface area contributed by atoms with Gasteiger partial charge in [-0.2, -0.15) is 0 Å². The van der Waals surface area contributed by atoms with Gasteiger partial charge in [-0.25, -0.2) is 0 Å². The highest BCUT2D eigenvalue weighted by Crippen LogP contribution is 2.17. The number of carbonyl (C=O) groups is 1. The molecule has 1 aromatic carbocycles. The minimum atomic E-state index is -0.0357. The lowest BCUT2D eigenvalue weighted by atomic mass is 10.2. The summed E-state index contributed by atoms with van der Waals surface area (Å²) in [6, 6.07) is 10.5. The molecule has 0 heterocycles. The summed E-state index contributed by atoms with van der Waals surface area (Å²) >= 11 is 0. The van der Waals surface area contributed by atoms with Crippen molar-refractivity contribution in [1.29, 1.82) is 0 Å². The van der Waals surface area contributed by atoms with Crippen molar-refractivity contribution in [1.82, 2.24) is 10.6 Å². The molecule has 2 rings (SSSR count). The molecule has 0 unspecified atom stereocenters. The van der Waals surface area contributed by atoms with Crippen LogP contribution in [0.25, 0.3) is 6.08 Å². The van der Waals surface area contributed by atoms with Crippen LogP contribution in [0, 0.1) is 0 Å². The van der Waals surface area contributed by atoms with Crippen molar-refractivity contribution in [2.45, 2.75) is 18.9 Å². The molecule has 1 amide bonds. The van der Waals surface area contributed by atoms with Gasteiger partial charge >= 0.3 is 0 Å². The van der Waals surface area contributed by atoms with E-state index < -0.39 is 0 Å². The Hall–Kier alpha value is -1.61. The number of amides is 1. The number of nitrogens with one attached hydrogen (secondary N) is 2. The molecule has 0 radical (unpaired) electrons. The summed E-state index contributed by atoms with van der Waals surface area (Å²) < 4.78 is 0. The van der Waals surface area contributed by atoms with Gasteiger partial charge in [0.25, 0.3) is 0 Å². The molecule has 1 saturated carbocycles. The minimum Gasteiger partial charge on any atom is -0.351 e. The summed E-state index contributed by atoms with van der Waals surface area (Å²) in [5.41, 5.74) is 1.04. The van der Waals surface area contributed by atoms with Crippen molar-refractivity contribution in [3.8, 4) is 0 Å². The average molecular weight is 230 g/mol. The fraction of sp³-hybridized carbons (Fsp3) is 0.357. The van der Waals surface area contributed by atoms with Crippen LogP contribution in [0.2, 0.25) is 0 Å². The molecule has 0 bridgehead atoms. The van der Waals surface area contributed by atoms with Crippen LogP contribution in [0.5, 0.6) is 0 Å². The first-order valence-corrected chi connectivity index (χ1v) is 6.09. The molecule has 1 aliphatic carbocycles. The minimum absolute atomic E-state index is 0.0357. The molecule has 1 aromatic rings. The van der Waals surface area contributed by atoms with Crippen LogP contribution in [0.1, 0.15) is 18.4 Å². The zero-order valence-corrected chi connectivity index (χ0v) is 9.86. The first-order chi connectivity index (χ1) is 8.34. The Kier molecular flexibility index (Phi) is 4.33. The van der Waals surface area contributed by atoms with E-state index in [2.05, 4.69) is 10.6 Å². The Morgan fingerprint density at radius 1 is 1.24 bits per heavy atom. The molecule has 0 aromatic heterocycles. The topological polar surface area (TPSA) is 41.1 Å². The molecule has 0 spiro atoms. The maximum atomic E-state index is 11.5. The second-order valence-corrected chi connectivity index (χ2v) is 4.26. The summed E-state index contributed by atoms with van der Waals surface area (Å²) in [5.74, 6) is -0.0357. The van der Waals surface area contributed by atoms with Gasteiger partial charge in [-0.15, -0.1) is 0 Å². The average Bonchev–Trinajstić information content (AvgIpc) is 3.17. The molecule has 2 N–H and O–H groups in total. The number of carbonyl (C=O) groups excluding carboxylic acids is 1. The molecule has 0 aliphatic heterocycles. The Morgan fingerprint density at radius 2 is 2.00 bits per heavy atom. The van der Waals surface area contributed by atoms with E-state index in [4.69, 9.17) is 0 Å². The maximum Gasteiger partial charge on any atom is 0.244 e. The van der Waals surface area contributed by atoms with Crippen molar-refractivity contribution in [3.63, 3.8) is 0 Å². The van der Waals surface area contributed by atoms with Gasteiger partial charge in [0.15, 0.2) is 0 Å². The van der Waals surface area contributed by atoms with Gasteiger partial charge in [0.2, 0.25) is 5.91 Å².